The number of rotatable bonds is 4. The predicted molar refractivity (Wildman–Crippen MR) is 62.1 cm³/mol. The van der Waals surface area contributed by atoms with Gasteiger partial charge in [0.1, 0.15) is 5.56 Å². The number of hydrogen-bond donors (Lipinski definition) is 1. The van der Waals surface area contributed by atoms with Gasteiger partial charge in [-0.3, -0.25) is 4.98 Å². The van der Waals surface area contributed by atoms with Gasteiger partial charge in [-0.2, -0.15) is 0 Å². The molecule has 0 spiro atoms. The van der Waals surface area contributed by atoms with E-state index in [1.54, 1.807) is 12.1 Å². The van der Waals surface area contributed by atoms with Crippen molar-refractivity contribution in [3.63, 3.8) is 0 Å². The number of pyridine rings is 2. The topological polar surface area (TPSA) is 81.5 Å². The zero-order chi connectivity index (χ0) is 13.0. The summed E-state index contributed by atoms with van der Waals surface area (Å²) < 4.78 is 10.5. The molecule has 6 heteroatoms. The van der Waals surface area contributed by atoms with Crippen molar-refractivity contribution in [1.82, 2.24) is 9.97 Å². The number of nitrogens with zero attached hydrogens (tertiary/aromatic N) is 2. The Bertz CT molecular complexity index is 572. The van der Waals surface area contributed by atoms with Crippen LogP contribution in [0.4, 0.5) is 0 Å². The summed E-state index contributed by atoms with van der Waals surface area (Å²) >= 11 is 0. The molecule has 0 aliphatic carbocycles. The van der Waals surface area contributed by atoms with Crippen LogP contribution in [0.1, 0.15) is 10.4 Å². The lowest BCUT2D eigenvalue weighted by atomic mass is 10.2. The first-order valence-corrected chi connectivity index (χ1v) is 5.06. The fourth-order valence-electron chi connectivity index (χ4n) is 1.35. The van der Waals surface area contributed by atoms with E-state index in [9.17, 15) is 4.79 Å². The quantitative estimate of drug-likeness (QED) is 0.888. The minimum atomic E-state index is -1.10. The highest BCUT2D eigenvalue weighted by atomic mass is 16.5. The third-order valence-corrected chi connectivity index (χ3v) is 2.18. The summed E-state index contributed by atoms with van der Waals surface area (Å²) in [5.41, 5.74) is 0.0118. The molecule has 0 saturated heterocycles. The highest BCUT2D eigenvalue weighted by Crippen LogP contribution is 2.29. The van der Waals surface area contributed by atoms with Gasteiger partial charge in [-0.15, -0.1) is 0 Å². The SMILES string of the molecule is COc1cccnc1Oc1cnccc1C(=O)O. The van der Waals surface area contributed by atoms with E-state index in [1.807, 2.05) is 0 Å². The molecule has 1 N–H and O–H groups in total. The Morgan fingerprint density at radius 3 is 2.83 bits per heavy atom. The van der Waals surface area contributed by atoms with Crippen LogP contribution in [0.15, 0.2) is 36.8 Å². The van der Waals surface area contributed by atoms with Crippen LogP contribution in [0.25, 0.3) is 0 Å². The maximum absolute atomic E-state index is 11.0. The molecule has 0 aliphatic rings. The molecule has 6 nitrogen and oxygen atoms in total. The van der Waals surface area contributed by atoms with Gasteiger partial charge in [0.2, 0.25) is 0 Å². The molecule has 2 aromatic rings. The van der Waals surface area contributed by atoms with E-state index in [2.05, 4.69) is 9.97 Å². The zero-order valence-electron chi connectivity index (χ0n) is 9.53. The molecule has 92 valence electrons. The molecule has 2 aromatic heterocycles. The molecular weight excluding hydrogens is 236 g/mol. The summed E-state index contributed by atoms with van der Waals surface area (Å²) in [6.07, 6.45) is 4.22. The molecule has 2 heterocycles. The molecular formula is C12H10N2O4. The Labute approximate surface area is 103 Å². The summed E-state index contributed by atoms with van der Waals surface area (Å²) in [6.45, 7) is 0. The highest BCUT2D eigenvalue weighted by Gasteiger charge is 2.14. The van der Waals surface area contributed by atoms with Crippen LogP contribution in [0.2, 0.25) is 0 Å². The maximum Gasteiger partial charge on any atom is 0.339 e. The van der Waals surface area contributed by atoms with Gasteiger partial charge < -0.3 is 14.6 Å². The molecule has 0 bridgehead atoms. The van der Waals surface area contributed by atoms with Gasteiger partial charge in [0.05, 0.1) is 13.3 Å². The first-order valence-electron chi connectivity index (χ1n) is 5.06. The molecule has 2 rings (SSSR count). The lowest BCUT2D eigenvalue weighted by molar-refractivity contribution is 0.0694. The van der Waals surface area contributed by atoms with E-state index < -0.39 is 5.97 Å². The number of aromatic carboxylic acids is 1. The average Bonchev–Trinajstić information content (AvgIpc) is 2.40. The van der Waals surface area contributed by atoms with Crippen molar-refractivity contribution in [2.75, 3.05) is 7.11 Å². The number of carboxylic acid groups (broad SMARTS) is 1. The van der Waals surface area contributed by atoms with Gasteiger partial charge in [-0.25, -0.2) is 9.78 Å². The molecule has 0 atom stereocenters. The van der Waals surface area contributed by atoms with Gasteiger partial charge in [0.15, 0.2) is 11.5 Å². The lowest BCUT2D eigenvalue weighted by Crippen LogP contribution is -2.01. The van der Waals surface area contributed by atoms with Crippen LogP contribution in [0.5, 0.6) is 17.4 Å². The third kappa shape index (κ3) is 2.37. The normalized spacial score (nSPS) is 9.83. The number of hydrogen-bond acceptors (Lipinski definition) is 5. The van der Waals surface area contributed by atoms with Gasteiger partial charge in [-0.05, 0) is 18.2 Å². The smallest absolute Gasteiger partial charge is 0.339 e. The largest absolute Gasteiger partial charge is 0.491 e. The number of carboxylic acids is 1. The minimum absolute atomic E-state index is 0.0118. The molecule has 0 saturated carbocycles. The second kappa shape index (κ2) is 5.13. The van der Waals surface area contributed by atoms with Crippen molar-refractivity contribution in [2.45, 2.75) is 0 Å². The lowest BCUT2D eigenvalue weighted by Gasteiger charge is -2.09. The van der Waals surface area contributed by atoms with E-state index in [0.717, 1.165) is 0 Å². The molecule has 0 radical (unpaired) electrons. The standard InChI is InChI=1S/C12H10N2O4/c1-17-9-3-2-5-14-11(9)18-10-7-13-6-4-8(10)12(15)16/h2-7H,1H3,(H,15,16). The minimum Gasteiger partial charge on any atom is -0.491 e. The van der Waals surface area contributed by atoms with Gasteiger partial charge >= 0.3 is 5.97 Å². The number of aromatic nitrogens is 2. The Balaban J connectivity index is 2.37. The van der Waals surface area contributed by atoms with Crippen molar-refractivity contribution in [2.24, 2.45) is 0 Å². The van der Waals surface area contributed by atoms with Crippen LogP contribution in [0, 0.1) is 0 Å². The van der Waals surface area contributed by atoms with Crippen LogP contribution in [0.3, 0.4) is 0 Å². The Morgan fingerprint density at radius 1 is 1.28 bits per heavy atom. The second-order valence-corrected chi connectivity index (χ2v) is 3.29. The van der Waals surface area contributed by atoms with Crippen LogP contribution in [-0.4, -0.2) is 28.2 Å². The van der Waals surface area contributed by atoms with Crippen molar-refractivity contribution < 1.29 is 19.4 Å². The summed E-state index contributed by atoms with van der Waals surface area (Å²) in [4.78, 5) is 18.8. The van der Waals surface area contributed by atoms with Crippen molar-refractivity contribution in [3.8, 4) is 17.4 Å². The molecule has 0 aliphatic heterocycles. The van der Waals surface area contributed by atoms with E-state index in [4.69, 9.17) is 14.6 Å². The molecule has 0 aromatic carbocycles. The second-order valence-electron chi connectivity index (χ2n) is 3.29. The molecule has 0 unspecified atom stereocenters. The van der Waals surface area contributed by atoms with Gasteiger partial charge in [0, 0.05) is 12.4 Å². The highest BCUT2D eigenvalue weighted by molar-refractivity contribution is 5.90. The summed E-state index contributed by atoms with van der Waals surface area (Å²) in [7, 11) is 1.48. The number of ether oxygens (including phenoxy) is 2. The average molecular weight is 246 g/mol. The first kappa shape index (κ1) is 11.8. The van der Waals surface area contributed by atoms with E-state index in [-0.39, 0.29) is 17.2 Å². The molecule has 0 fully saturated rings. The van der Waals surface area contributed by atoms with E-state index >= 15 is 0 Å². The molecule has 0 amide bonds. The van der Waals surface area contributed by atoms with Crippen LogP contribution >= 0.6 is 0 Å². The fourth-order valence-corrected chi connectivity index (χ4v) is 1.35. The van der Waals surface area contributed by atoms with Crippen LogP contribution < -0.4 is 9.47 Å². The summed E-state index contributed by atoms with van der Waals surface area (Å²) in [5, 5.41) is 9.01. The fraction of sp³-hybridized carbons (Fsp3) is 0.0833. The van der Waals surface area contributed by atoms with Crippen molar-refractivity contribution >= 4 is 5.97 Å². The van der Waals surface area contributed by atoms with Gasteiger partial charge in [0.25, 0.3) is 5.88 Å². The van der Waals surface area contributed by atoms with Crippen LogP contribution in [-0.2, 0) is 0 Å². The Morgan fingerprint density at radius 2 is 2.11 bits per heavy atom. The zero-order valence-corrected chi connectivity index (χ0v) is 9.53. The van der Waals surface area contributed by atoms with Crippen molar-refractivity contribution in [3.05, 3.63) is 42.4 Å². The Kier molecular flexibility index (Phi) is 3.38. The van der Waals surface area contributed by atoms with E-state index in [1.165, 1.54) is 31.8 Å². The Hall–Kier alpha value is -2.63. The number of carbonyl (C=O) groups is 1. The summed E-state index contributed by atoms with van der Waals surface area (Å²) in [5.74, 6) is -0.377. The predicted octanol–water partition coefficient (Wildman–Crippen LogP) is 1.98. The third-order valence-electron chi connectivity index (χ3n) is 2.18. The summed E-state index contributed by atoms with van der Waals surface area (Å²) in [6, 6.07) is 4.71. The molecule has 18 heavy (non-hydrogen) atoms. The maximum atomic E-state index is 11.0. The number of methoxy groups -OCH3 is 1. The first-order chi connectivity index (χ1) is 8.72. The van der Waals surface area contributed by atoms with Crippen molar-refractivity contribution in [1.29, 1.82) is 0 Å². The van der Waals surface area contributed by atoms with E-state index in [0.29, 0.717) is 5.75 Å². The van der Waals surface area contributed by atoms with Gasteiger partial charge in [-0.1, -0.05) is 0 Å². The monoisotopic (exact) mass is 246 g/mol.